The number of fused-ring (bicyclic) bond motifs is 2. The van der Waals surface area contributed by atoms with Crippen molar-refractivity contribution in [1.29, 1.82) is 0 Å². The molecule has 0 saturated heterocycles. The molecule has 0 saturated carbocycles. The van der Waals surface area contributed by atoms with Crippen molar-refractivity contribution in [1.82, 2.24) is 0 Å². The second-order valence-corrected chi connectivity index (χ2v) is 6.53. The van der Waals surface area contributed by atoms with Crippen LogP contribution in [0.4, 0.5) is 0 Å². The van der Waals surface area contributed by atoms with Gasteiger partial charge in [-0.05, 0) is 73.6 Å². The Balaban J connectivity index is 2.13. The van der Waals surface area contributed by atoms with Crippen molar-refractivity contribution >= 4 is 43.1 Å². The van der Waals surface area contributed by atoms with E-state index in [0.29, 0.717) is 0 Å². The second kappa shape index (κ2) is 4.45. The Morgan fingerprint density at radius 1 is 0.652 bits per heavy atom. The highest BCUT2D eigenvalue weighted by atomic mass is 14.2. The molecule has 0 bridgehead atoms. The lowest BCUT2D eigenvalue weighted by atomic mass is 9.87. The second-order valence-electron chi connectivity index (χ2n) is 6.53. The normalized spacial score (nSPS) is 12.1. The number of rotatable bonds is 1. The molecule has 23 heavy (non-hydrogen) atoms. The summed E-state index contributed by atoms with van der Waals surface area (Å²) in [5.41, 5.74) is 2.89. The van der Waals surface area contributed by atoms with E-state index in [-0.39, 0.29) is 0 Å². The lowest BCUT2D eigenvalue weighted by Crippen LogP contribution is -1.92. The third kappa shape index (κ3) is 1.61. The van der Waals surface area contributed by atoms with E-state index in [2.05, 4.69) is 74.5 Å². The highest BCUT2D eigenvalue weighted by Crippen LogP contribution is 2.40. The van der Waals surface area contributed by atoms with E-state index in [1.54, 1.807) is 0 Å². The molecule has 0 aromatic heterocycles. The maximum absolute atomic E-state index is 2.38. The largest absolute Gasteiger partial charge is 0.0616 e. The van der Waals surface area contributed by atoms with Gasteiger partial charge in [-0.3, -0.25) is 0 Å². The monoisotopic (exact) mass is 294 g/mol. The third-order valence-corrected chi connectivity index (χ3v) is 5.38. The van der Waals surface area contributed by atoms with Gasteiger partial charge < -0.3 is 0 Å². The van der Waals surface area contributed by atoms with Crippen LogP contribution in [0.1, 0.15) is 18.1 Å². The lowest BCUT2D eigenvalue weighted by molar-refractivity contribution is 1.12. The summed E-state index contributed by atoms with van der Waals surface area (Å²) in [6.45, 7) is 4.51. The fourth-order valence-corrected chi connectivity index (χ4v) is 4.20. The van der Waals surface area contributed by atoms with Crippen LogP contribution in [0.15, 0.2) is 60.7 Å². The van der Waals surface area contributed by atoms with E-state index in [1.165, 1.54) is 54.2 Å². The number of hydrogen-bond acceptors (Lipinski definition) is 0. The minimum atomic E-state index is 1.09. The molecule has 0 spiro atoms. The summed E-state index contributed by atoms with van der Waals surface area (Å²) in [5, 5.41) is 11.0. The Labute approximate surface area is 135 Å². The van der Waals surface area contributed by atoms with Crippen LogP contribution in [-0.4, -0.2) is 0 Å². The minimum Gasteiger partial charge on any atom is -0.0616 e. The van der Waals surface area contributed by atoms with E-state index >= 15 is 0 Å². The molecule has 0 radical (unpaired) electrons. The standard InChI is InChI=1S/C23H18/c1-3-15-12-17-8-9-18-13-16-6-4-5-7-20(16)21-11-10-19(14(15)2)22(17)23(18)21/h4-13H,3H2,1-2H3. The van der Waals surface area contributed by atoms with Gasteiger partial charge in [-0.2, -0.15) is 0 Å². The quantitative estimate of drug-likeness (QED) is 0.241. The van der Waals surface area contributed by atoms with Gasteiger partial charge in [0, 0.05) is 0 Å². The molecule has 0 amide bonds. The summed E-state index contributed by atoms with van der Waals surface area (Å²) < 4.78 is 0. The third-order valence-electron chi connectivity index (χ3n) is 5.38. The van der Waals surface area contributed by atoms with Crippen LogP contribution in [0.5, 0.6) is 0 Å². The predicted molar refractivity (Wildman–Crippen MR) is 102 cm³/mol. The van der Waals surface area contributed by atoms with Crippen molar-refractivity contribution in [2.45, 2.75) is 20.3 Å². The average Bonchev–Trinajstić information content (AvgIpc) is 2.60. The van der Waals surface area contributed by atoms with Crippen LogP contribution < -0.4 is 0 Å². The zero-order valence-electron chi connectivity index (χ0n) is 13.5. The summed E-state index contributed by atoms with van der Waals surface area (Å²) in [6, 6.07) is 22.6. The van der Waals surface area contributed by atoms with Crippen LogP contribution in [-0.2, 0) is 6.42 Å². The number of benzene rings is 5. The van der Waals surface area contributed by atoms with E-state index in [1.807, 2.05) is 0 Å². The van der Waals surface area contributed by atoms with E-state index < -0.39 is 0 Å². The highest BCUT2D eigenvalue weighted by Gasteiger charge is 2.13. The van der Waals surface area contributed by atoms with Gasteiger partial charge in [0.2, 0.25) is 0 Å². The van der Waals surface area contributed by atoms with Crippen molar-refractivity contribution < 1.29 is 0 Å². The molecular weight excluding hydrogens is 276 g/mol. The molecule has 0 atom stereocenters. The molecule has 0 fully saturated rings. The minimum absolute atomic E-state index is 1.09. The summed E-state index contributed by atoms with van der Waals surface area (Å²) in [5.74, 6) is 0. The van der Waals surface area contributed by atoms with Crippen LogP contribution in [0.3, 0.4) is 0 Å². The van der Waals surface area contributed by atoms with Gasteiger partial charge in [0.25, 0.3) is 0 Å². The molecule has 0 aliphatic carbocycles. The topological polar surface area (TPSA) is 0 Å². The van der Waals surface area contributed by atoms with Gasteiger partial charge in [0.15, 0.2) is 0 Å². The molecule has 110 valence electrons. The predicted octanol–water partition coefficient (Wildman–Crippen LogP) is 6.61. The molecule has 5 aromatic carbocycles. The molecular formula is C23H18. The van der Waals surface area contributed by atoms with Crippen molar-refractivity contribution in [2.24, 2.45) is 0 Å². The Hall–Kier alpha value is -2.60. The van der Waals surface area contributed by atoms with E-state index in [4.69, 9.17) is 0 Å². The summed E-state index contributed by atoms with van der Waals surface area (Å²) in [7, 11) is 0. The molecule has 0 aliphatic rings. The van der Waals surface area contributed by atoms with Crippen molar-refractivity contribution in [3.63, 3.8) is 0 Å². The Morgan fingerprint density at radius 3 is 2.17 bits per heavy atom. The summed E-state index contributed by atoms with van der Waals surface area (Å²) in [4.78, 5) is 0. The zero-order valence-corrected chi connectivity index (χ0v) is 13.5. The first-order chi connectivity index (χ1) is 11.3. The lowest BCUT2D eigenvalue weighted by Gasteiger charge is -2.16. The van der Waals surface area contributed by atoms with Crippen molar-refractivity contribution in [3.8, 4) is 0 Å². The molecule has 5 aromatic rings. The van der Waals surface area contributed by atoms with Crippen LogP contribution in [0.25, 0.3) is 43.1 Å². The smallest absolute Gasteiger partial charge is 0.00202 e. The molecule has 5 rings (SSSR count). The average molecular weight is 294 g/mol. The van der Waals surface area contributed by atoms with Gasteiger partial charge in [-0.25, -0.2) is 0 Å². The maximum Gasteiger partial charge on any atom is -0.00202 e. The summed E-state index contributed by atoms with van der Waals surface area (Å²) in [6.07, 6.45) is 1.09. The SMILES string of the molecule is CCc1cc2ccc3cc4ccccc4c4ccc(c1C)c2c34. The van der Waals surface area contributed by atoms with Crippen molar-refractivity contribution in [3.05, 3.63) is 71.8 Å². The van der Waals surface area contributed by atoms with E-state index in [9.17, 15) is 0 Å². The van der Waals surface area contributed by atoms with Crippen LogP contribution in [0.2, 0.25) is 0 Å². The Kier molecular flexibility index (Phi) is 2.50. The van der Waals surface area contributed by atoms with Gasteiger partial charge >= 0.3 is 0 Å². The fourth-order valence-electron chi connectivity index (χ4n) is 4.20. The fraction of sp³-hybridized carbons (Fsp3) is 0.130. The maximum atomic E-state index is 2.38. The molecule has 0 aliphatic heterocycles. The Morgan fingerprint density at radius 2 is 1.35 bits per heavy atom. The van der Waals surface area contributed by atoms with Crippen molar-refractivity contribution in [2.75, 3.05) is 0 Å². The number of aryl methyl sites for hydroxylation is 2. The molecule has 0 N–H and O–H groups in total. The summed E-state index contributed by atoms with van der Waals surface area (Å²) >= 11 is 0. The first-order valence-corrected chi connectivity index (χ1v) is 8.36. The first-order valence-electron chi connectivity index (χ1n) is 8.36. The highest BCUT2D eigenvalue weighted by molar-refractivity contribution is 6.29. The molecule has 0 nitrogen and oxygen atoms in total. The Bertz CT molecular complexity index is 1190. The van der Waals surface area contributed by atoms with Gasteiger partial charge in [-0.1, -0.05) is 61.5 Å². The molecule has 0 unspecified atom stereocenters. The number of hydrogen-bond donors (Lipinski definition) is 0. The van der Waals surface area contributed by atoms with Gasteiger partial charge in [-0.15, -0.1) is 0 Å². The van der Waals surface area contributed by atoms with Gasteiger partial charge in [0.1, 0.15) is 0 Å². The first kappa shape index (κ1) is 12.9. The van der Waals surface area contributed by atoms with Gasteiger partial charge in [0.05, 0.1) is 0 Å². The van der Waals surface area contributed by atoms with E-state index in [0.717, 1.165) is 6.42 Å². The molecule has 0 heterocycles. The van der Waals surface area contributed by atoms with Crippen LogP contribution in [0, 0.1) is 6.92 Å². The molecule has 0 heteroatoms. The zero-order chi connectivity index (χ0) is 15.6. The van der Waals surface area contributed by atoms with Crippen LogP contribution >= 0.6 is 0 Å².